The van der Waals surface area contributed by atoms with Gasteiger partial charge in [-0.25, -0.2) is 4.98 Å². The summed E-state index contributed by atoms with van der Waals surface area (Å²) in [7, 11) is -1.97. The van der Waals surface area contributed by atoms with Crippen LogP contribution in [0.5, 0.6) is 0 Å². The summed E-state index contributed by atoms with van der Waals surface area (Å²) in [5, 5.41) is 0. The number of nitrogens with zero attached hydrogens (tertiary/aromatic N) is 4. The van der Waals surface area contributed by atoms with Crippen molar-refractivity contribution < 1.29 is 13.0 Å². The molecule has 0 radical (unpaired) electrons. The van der Waals surface area contributed by atoms with E-state index in [0.717, 1.165) is 48.9 Å². The van der Waals surface area contributed by atoms with E-state index in [4.69, 9.17) is 9.54 Å². The van der Waals surface area contributed by atoms with Crippen molar-refractivity contribution in [1.29, 1.82) is 0 Å². The number of aryl methyl sites for hydroxylation is 1. The maximum Gasteiger partial charge on any atom is 0.294 e. The molecule has 0 bridgehead atoms. The molecule has 0 spiro atoms. The molecule has 1 aliphatic rings. The lowest BCUT2D eigenvalue weighted by atomic mass is 9.90. The summed E-state index contributed by atoms with van der Waals surface area (Å²) in [6.07, 6.45) is 4.15. The Balaban J connectivity index is 0.000000245. The first kappa shape index (κ1) is 26.3. The van der Waals surface area contributed by atoms with Crippen molar-refractivity contribution in [3.05, 3.63) is 108 Å². The second-order valence-corrected chi connectivity index (χ2v) is 10.5. The molecule has 0 saturated carbocycles. The molecule has 0 atom stereocenters. The molecule has 0 amide bonds. The van der Waals surface area contributed by atoms with Crippen molar-refractivity contribution in [3.63, 3.8) is 0 Å². The van der Waals surface area contributed by atoms with E-state index < -0.39 is 10.1 Å². The number of hydrogen-bond donors (Lipinski definition) is 1. The fraction of sp³-hybridized carbons (Fsp3) is 0.241. The third-order valence-electron chi connectivity index (χ3n) is 6.48. The van der Waals surface area contributed by atoms with Crippen LogP contribution >= 0.6 is 0 Å². The minimum atomic E-state index is -4.02. The van der Waals surface area contributed by atoms with Crippen LogP contribution in [0.1, 0.15) is 29.9 Å². The molecule has 3 aromatic carbocycles. The molecule has 0 aliphatic carbocycles. The average molecular weight is 517 g/mol. The van der Waals surface area contributed by atoms with Crippen LogP contribution in [0.15, 0.2) is 102 Å². The minimum Gasteiger partial charge on any atom is -0.341 e. The van der Waals surface area contributed by atoms with Crippen LogP contribution in [-0.4, -0.2) is 43.1 Å². The van der Waals surface area contributed by atoms with Gasteiger partial charge in [-0.1, -0.05) is 66.2 Å². The summed E-state index contributed by atoms with van der Waals surface area (Å²) < 4.78 is 29.6. The first-order valence-corrected chi connectivity index (χ1v) is 13.7. The van der Waals surface area contributed by atoms with Gasteiger partial charge in [-0.2, -0.15) is 13.4 Å². The van der Waals surface area contributed by atoms with Crippen LogP contribution in [0.2, 0.25) is 0 Å². The zero-order chi connectivity index (χ0) is 26.3. The molecule has 1 saturated heterocycles. The third-order valence-corrected chi connectivity index (χ3v) is 7.35. The van der Waals surface area contributed by atoms with E-state index in [9.17, 15) is 8.42 Å². The van der Waals surface area contributed by atoms with Crippen LogP contribution in [-0.2, 0) is 10.1 Å². The smallest absolute Gasteiger partial charge is 0.294 e. The second kappa shape index (κ2) is 12.0. The predicted molar refractivity (Wildman–Crippen MR) is 148 cm³/mol. The normalized spacial score (nSPS) is 14.0. The van der Waals surface area contributed by atoms with Crippen molar-refractivity contribution in [1.82, 2.24) is 9.97 Å². The molecule has 1 aromatic heterocycles. The molecule has 0 unspecified atom stereocenters. The molecular weight excluding hydrogens is 484 g/mol. The molecular formula is C29H32N4O3S. The standard InChI is InChI=1S/C22H24N4.C7H8O3S/c1-25(20-10-6-3-7-11-20)21-12-15-23-22(24-21)26-16-13-19(14-17-26)18-8-4-2-5-9-18;1-6-2-4-7(5-3-6)11(8,9)10/h2-12,15,19H,13-14,16-17H2,1H3;2-5H,1H3,(H,8,9,10). The van der Waals surface area contributed by atoms with Gasteiger partial charge < -0.3 is 9.80 Å². The number of aromatic nitrogens is 2. The number of anilines is 3. The van der Waals surface area contributed by atoms with Gasteiger partial charge in [-0.15, -0.1) is 0 Å². The van der Waals surface area contributed by atoms with E-state index in [2.05, 4.69) is 57.2 Å². The van der Waals surface area contributed by atoms with Gasteiger partial charge in [-0.3, -0.25) is 4.55 Å². The molecule has 192 valence electrons. The summed E-state index contributed by atoms with van der Waals surface area (Å²) in [5.74, 6) is 2.39. The SMILES string of the molecule is CN(c1ccccc1)c1ccnc(N2CCC(c3ccccc3)CC2)n1.Cc1ccc(S(=O)(=O)O)cc1. The Kier molecular flexibility index (Phi) is 8.53. The van der Waals surface area contributed by atoms with E-state index in [0.29, 0.717) is 5.92 Å². The number of rotatable bonds is 5. The minimum absolute atomic E-state index is 0.0666. The highest BCUT2D eigenvalue weighted by Gasteiger charge is 2.22. The topological polar surface area (TPSA) is 86.6 Å². The molecule has 2 heterocycles. The molecule has 5 rings (SSSR count). The Labute approximate surface area is 219 Å². The molecule has 1 N–H and O–H groups in total. The highest BCUT2D eigenvalue weighted by atomic mass is 32.2. The third kappa shape index (κ3) is 7.15. The lowest BCUT2D eigenvalue weighted by molar-refractivity contribution is 0.483. The van der Waals surface area contributed by atoms with Crippen molar-refractivity contribution >= 4 is 27.6 Å². The van der Waals surface area contributed by atoms with Crippen LogP contribution in [0.4, 0.5) is 17.5 Å². The fourth-order valence-electron chi connectivity index (χ4n) is 4.31. The second-order valence-electron chi connectivity index (χ2n) is 9.07. The molecule has 1 fully saturated rings. The monoisotopic (exact) mass is 516 g/mol. The summed E-state index contributed by atoms with van der Waals surface area (Å²) in [6.45, 7) is 3.84. The van der Waals surface area contributed by atoms with E-state index in [1.165, 1.54) is 17.7 Å². The highest BCUT2D eigenvalue weighted by Crippen LogP contribution is 2.30. The van der Waals surface area contributed by atoms with Crippen LogP contribution < -0.4 is 9.80 Å². The van der Waals surface area contributed by atoms with Gasteiger partial charge >= 0.3 is 0 Å². The number of hydrogen-bond acceptors (Lipinski definition) is 6. The van der Waals surface area contributed by atoms with Gasteiger partial charge in [0.05, 0.1) is 4.90 Å². The molecule has 1 aliphatic heterocycles. The summed E-state index contributed by atoms with van der Waals surface area (Å²) in [5.41, 5.74) is 3.53. The molecule has 7 nitrogen and oxygen atoms in total. The number of para-hydroxylation sites is 1. The first-order chi connectivity index (χ1) is 17.8. The van der Waals surface area contributed by atoms with Gasteiger partial charge in [0.15, 0.2) is 0 Å². The van der Waals surface area contributed by atoms with Crippen molar-refractivity contribution in [3.8, 4) is 0 Å². The Bertz CT molecular complexity index is 1370. The zero-order valence-electron chi connectivity index (χ0n) is 21.1. The van der Waals surface area contributed by atoms with E-state index in [1.54, 1.807) is 12.1 Å². The Morgan fingerprint density at radius 1 is 0.865 bits per heavy atom. The maximum absolute atomic E-state index is 10.5. The summed E-state index contributed by atoms with van der Waals surface area (Å²) >= 11 is 0. The van der Waals surface area contributed by atoms with E-state index >= 15 is 0 Å². The zero-order valence-corrected chi connectivity index (χ0v) is 21.9. The summed E-state index contributed by atoms with van der Waals surface area (Å²) in [4.78, 5) is 13.7. The maximum atomic E-state index is 10.5. The Morgan fingerprint density at radius 3 is 2.05 bits per heavy atom. The lowest BCUT2D eigenvalue weighted by Gasteiger charge is -2.32. The van der Waals surface area contributed by atoms with Crippen LogP contribution in [0.3, 0.4) is 0 Å². The molecule has 37 heavy (non-hydrogen) atoms. The van der Waals surface area contributed by atoms with Gasteiger partial charge in [0, 0.05) is 32.0 Å². The Hall–Kier alpha value is -3.75. The first-order valence-electron chi connectivity index (χ1n) is 12.3. The highest BCUT2D eigenvalue weighted by molar-refractivity contribution is 7.85. The Morgan fingerprint density at radius 2 is 1.46 bits per heavy atom. The average Bonchev–Trinajstić information content (AvgIpc) is 2.94. The van der Waals surface area contributed by atoms with Gasteiger partial charge in [0.2, 0.25) is 5.95 Å². The van der Waals surface area contributed by atoms with Crippen LogP contribution in [0, 0.1) is 6.92 Å². The molecule has 8 heteroatoms. The van der Waals surface area contributed by atoms with Gasteiger partial charge in [0.1, 0.15) is 5.82 Å². The van der Waals surface area contributed by atoms with Crippen molar-refractivity contribution in [2.24, 2.45) is 0 Å². The van der Waals surface area contributed by atoms with Crippen molar-refractivity contribution in [2.75, 3.05) is 29.9 Å². The lowest BCUT2D eigenvalue weighted by Crippen LogP contribution is -2.34. The van der Waals surface area contributed by atoms with Gasteiger partial charge in [0.25, 0.3) is 10.1 Å². The predicted octanol–water partition coefficient (Wildman–Crippen LogP) is 5.87. The fourth-order valence-corrected chi connectivity index (χ4v) is 4.79. The largest absolute Gasteiger partial charge is 0.341 e. The van der Waals surface area contributed by atoms with E-state index in [1.807, 2.05) is 44.4 Å². The van der Waals surface area contributed by atoms with Crippen LogP contribution in [0.25, 0.3) is 0 Å². The number of piperidine rings is 1. The summed E-state index contributed by atoms with van der Waals surface area (Å²) in [6, 6.07) is 29.1. The molecule has 4 aromatic rings. The van der Waals surface area contributed by atoms with Gasteiger partial charge in [-0.05, 0) is 61.6 Å². The van der Waals surface area contributed by atoms with Crippen molar-refractivity contribution in [2.45, 2.75) is 30.6 Å². The quantitative estimate of drug-likeness (QED) is 0.332. The number of benzene rings is 3. The van der Waals surface area contributed by atoms with E-state index in [-0.39, 0.29) is 4.90 Å².